The first-order valence-electron chi connectivity index (χ1n) is 3.14. The molecule has 0 aromatic heterocycles. The SMILES string of the molecule is CC(C)C1=CN=C1C(=O)O. The Hall–Kier alpha value is -1.12. The van der Waals surface area contributed by atoms with Gasteiger partial charge in [0, 0.05) is 11.8 Å². The van der Waals surface area contributed by atoms with Gasteiger partial charge in [0.05, 0.1) is 0 Å². The van der Waals surface area contributed by atoms with Crippen LogP contribution in [0.4, 0.5) is 0 Å². The van der Waals surface area contributed by atoms with Gasteiger partial charge in [-0.05, 0) is 5.92 Å². The largest absolute Gasteiger partial charge is 0.477 e. The number of carbonyl (C=O) groups is 1. The third kappa shape index (κ3) is 0.943. The van der Waals surface area contributed by atoms with Gasteiger partial charge in [-0.15, -0.1) is 0 Å². The van der Waals surface area contributed by atoms with Crippen LogP contribution in [0.3, 0.4) is 0 Å². The Balaban J connectivity index is 2.64. The Morgan fingerprint density at radius 3 is 2.40 bits per heavy atom. The zero-order valence-corrected chi connectivity index (χ0v) is 5.96. The van der Waals surface area contributed by atoms with E-state index in [-0.39, 0.29) is 11.6 Å². The van der Waals surface area contributed by atoms with E-state index in [1.54, 1.807) is 6.20 Å². The number of hydrogen-bond acceptors (Lipinski definition) is 2. The molecule has 3 heteroatoms. The van der Waals surface area contributed by atoms with E-state index in [1.165, 1.54) is 0 Å². The third-order valence-electron chi connectivity index (χ3n) is 1.43. The maximum atomic E-state index is 10.3. The lowest BCUT2D eigenvalue weighted by atomic mass is 9.96. The van der Waals surface area contributed by atoms with Crippen molar-refractivity contribution in [2.24, 2.45) is 10.9 Å². The summed E-state index contributed by atoms with van der Waals surface area (Å²) in [6, 6.07) is 0. The molecule has 0 atom stereocenters. The molecule has 1 rings (SSSR count). The molecular weight excluding hydrogens is 130 g/mol. The smallest absolute Gasteiger partial charge is 0.354 e. The molecule has 0 unspecified atom stereocenters. The van der Waals surface area contributed by atoms with E-state index in [1.807, 2.05) is 13.8 Å². The van der Waals surface area contributed by atoms with E-state index in [9.17, 15) is 4.79 Å². The van der Waals surface area contributed by atoms with Crippen LogP contribution >= 0.6 is 0 Å². The van der Waals surface area contributed by atoms with Crippen LogP contribution in [0.2, 0.25) is 0 Å². The molecular formula is C7H9NO2. The quantitative estimate of drug-likeness (QED) is 0.622. The number of nitrogens with zero attached hydrogens (tertiary/aromatic N) is 1. The van der Waals surface area contributed by atoms with Crippen LogP contribution in [0.5, 0.6) is 0 Å². The van der Waals surface area contributed by atoms with E-state index in [4.69, 9.17) is 5.11 Å². The van der Waals surface area contributed by atoms with Crippen molar-refractivity contribution in [1.82, 2.24) is 0 Å². The maximum Gasteiger partial charge on any atom is 0.354 e. The van der Waals surface area contributed by atoms with Gasteiger partial charge in [-0.1, -0.05) is 13.8 Å². The van der Waals surface area contributed by atoms with Crippen LogP contribution in [0.1, 0.15) is 13.8 Å². The predicted octanol–water partition coefficient (Wildman–Crippen LogP) is 1.07. The molecule has 1 aliphatic heterocycles. The van der Waals surface area contributed by atoms with Crippen molar-refractivity contribution >= 4 is 11.7 Å². The summed E-state index contributed by atoms with van der Waals surface area (Å²) < 4.78 is 0. The van der Waals surface area contributed by atoms with Gasteiger partial charge in [0.2, 0.25) is 0 Å². The minimum absolute atomic E-state index is 0.218. The van der Waals surface area contributed by atoms with Crippen LogP contribution < -0.4 is 0 Å². The highest BCUT2D eigenvalue weighted by Crippen LogP contribution is 2.18. The fourth-order valence-corrected chi connectivity index (χ4v) is 0.805. The van der Waals surface area contributed by atoms with Crippen molar-refractivity contribution in [1.29, 1.82) is 0 Å². The highest BCUT2D eigenvalue weighted by Gasteiger charge is 2.22. The average Bonchev–Trinajstić information content (AvgIpc) is 1.56. The molecule has 1 heterocycles. The number of rotatable bonds is 2. The normalized spacial score (nSPS) is 15.9. The van der Waals surface area contributed by atoms with Crippen molar-refractivity contribution in [3.63, 3.8) is 0 Å². The highest BCUT2D eigenvalue weighted by atomic mass is 16.4. The minimum Gasteiger partial charge on any atom is -0.477 e. The number of aliphatic carboxylic acids is 1. The third-order valence-corrected chi connectivity index (χ3v) is 1.43. The van der Waals surface area contributed by atoms with Crippen LogP contribution in [0, 0.1) is 5.92 Å². The second-order valence-electron chi connectivity index (χ2n) is 2.52. The molecule has 1 N–H and O–H groups in total. The van der Waals surface area contributed by atoms with Crippen LogP contribution in [-0.2, 0) is 4.79 Å². The molecule has 0 radical (unpaired) electrons. The molecule has 0 spiro atoms. The van der Waals surface area contributed by atoms with Crippen molar-refractivity contribution in [3.05, 3.63) is 11.8 Å². The van der Waals surface area contributed by atoms with E-state index in [0.717, 1.165) is 5.57 Å². The van der Waals surface area contributed by atoms with Gasteiger partial charge in [-0.2, -0.15) is 0 Å². The van der Waals surface area contributed by atoms with E-state index < -0.39 is 5.97 Å². The molecule has 0 aromatic rings. The standard InChI is InChI=1S/C7H9NO2/c1-4(2)5-3-8-6(5)7(9)10/h3-4H,1-2H3,(H,9,10). The molecule has 0 aliphatic carbocycles. The topological polar surface area (TPSA) is 49.7 Å². The second-order valence-corrected chi connectivity index (χ2v) is 2.52. The molecule has 0 saturated heterocycles. The summed E-state index contributed by atoms with van der Waals surface area (Å²) in [5, 5.41) is 8.48. The van der Waals surface area contributed by atoms with E-state index >= 15 is 0 Å². The van der Waals surface area contributed by atoms with Gasteiger partial charge in [0.25, 0.3) is 0 Å². The van der Waals surface area contributed by atoms with E-state index in [0.29, 0.717) is 0 Å². The summed E-state index contributed by atoms with van der Waals surface area (Å²) in [5.74, 6) is -0.658. The van der Waals surface area contributed by atoms with Crippen molar-refractivity contribution in [2.75, 3.05) is 0 Å². The predicted molar refractivity (Wildman–Crippen MR) is 38.0 cm³/mol. The molecule has 0 aromatic carbocycles. The lowest BCUT2D eigenvalue weighted by Gasteiger charge is -2.15. The Bertz CT molecular complexity index is 226. The summed E-state index contributed by atoms with van der Waals surface area (Å²) in [7, 11) is 0. The first-order chi connectivity index (χ1) is 4.63. The first-order valence-corrected chi connectivity index (χ1v) is 3.14. The van der Waals surface area contributed by atoms with Crippen LogP contribution in [0.25, 0.3) is 0 Å². The lowest BCUT2D eigenvalue weighted by molar-refractivity contribution is -0.129. The van der Waals surface area contributed by atoms with E-state index in [2.05, 4.69) is 4.99 Å². The minimum atomic E-state index is -0.925. The zero-order chi connectivity index (χ0) is 7.72. The summed E-state index contributed by atoms with van der Waals surface area (Å²) in [5.41, 5.74) is 1.06. The molecule has 0 bridgehead atoms. The molecule has 0 saturated carbocycles. The number of aliphatic imine (C=N–C) groups is 1. The Labute approximate surface area is 59.1 Å². The monoisotopic (exact) mass is 139 g/mol. The van der Waals surface area contributed by atoms with Gasteiger partial charge < -0.3 is 5.11 Å². The fourth-order valence-electron chi connectivity index (χ4n) is 0.805. The lowest BCUT2D eigenvalue weighted by Crippen LogP contribution is -2.23. The van der Waals surface area contributed by atoms with Crippen LogP contribution in [0.15, 0.2) is 16.8 Å². The first kappa shape index (κ1) is 6.99. The Morgan fingerprint density at radius 1 is 1.70 bits per heavy atom. The Kier molecular flexibility index (Phi) is 1.57. The summed E-state index contributed by atoms with van der Waals surface area (Å²) in [6.45, 7) is 3.90. The molecule has 0 fully saturated rings. The number of carboxylic acids is 1. The Morgan fingerprint density at radius 2 is 2.30 bits per heavy atom. The summed E-state index contributed by atoms with van der Waals surface area (Å²) >= 11 is 0. The van der Waals surface area contributed by atoms with Crippen molar-refractivity contribution in [2.45, 2.75) is 13.8 Å². The second kappa shape index (κ2) is 2.25. The molecule has 0 amide bonds. The van der Waals surface area contributed by atoms with Crippen molar-refractivity contribution in [3.8, 4) is 0 Å². The molecule has 3 nitrogen and oxygen atoms in total. The molecule has 54 valence electrons. The maximum absolute atomic E-state index is 10.3. The number of carboxylic acid groups (broad SMARTS) is 1. The van der Waals surface area contributed by atoms with Crippen LogP contribution in [-0.4, -0.2) is 16.8 Å². The summed E-state index contributed by atoms with van der Waals surface area (Å²) in [4.78, 5) is 14.0. The zero-order valence-electron chi connectivity index (χ0n) is 5.96. The van der Waals surface area contributed by atoms with Gasteiger partial charge in [0.1, 0.15) is 0 Å². The summed E-state index contributed by atoms with van der Waals surface area (Å²) in [6.07, 6.45) is 1.61. The fraction of sp³-hybridized carbons (Fsp3) is 0.429. The number of hydrogen-bond donors (Lipinski definition) is 1. The molecule has 10 heavy (non-hydrogen) atoms. The van der Waals surface area contributed by atoms with Crippen molar-refractivity contribution < 1.29 is 9.90 Å². The van der Waals surface area contributed by atoms with Gasteiger partial charge in [-0.3, -0.25) is 0 Å². The molecule has 1 aliphatic rings. The van der Waals surface area contributed by atoms with Gasteiger partial charge >= 0.3 is 5.97 Å². The van der Waals surface area contributed by atoms with Gasteiger partial charge in [-0.25, -0.2) is 9.79 Å². The average molecular weight is 139 g/mol. The van der Waals surface area contributed by atoms with Gasteiger partial charge in [0.15, 0.2) is 5.71 Å². The highest BCUT2D eigenvalue weighted by molar-refractivity contribution is 6.44.